The molecule has 2 aliphatic rings. The molecule has 8 nitrogen and oxygen atoms in total. The lowest BCUT2D eigenvalue weighted by atomic mass is 10.2. The molecule has 0 bridgehead atoms. The Kier molecular flexibility index (Phi) is 5.95. The standard InChI is InChI=1S/C20H26N4O4S2/c1-13-10-24(11-14(2)28-13)30(26,27)16-6-4-5-15(9-16)19(25)22-20-21-17-7-8-23(3)12-18(17)29-20/h4-6,9,13-14H,7-8,10-12H2,1-3H3,(H,21,22,25). The van der Waals surface area contributed by atoms with Crippen LogP contribution in [0.1, 0.15) is 34.8 Å². The number of nitrogens with one attached hydrogen (secondary N) is 1. The van der Waals surface area contributed by atoms with Crippen molar-refractivity contribution < 1.29 is 17.9 Å². The zero-order chi connectivity index (χ0) is 21.5. The van der Waals surface area contributed by atoms with E-state index in [0.29, 0.717) is 18.2 Å². The number of carbonyl (C=O) groups is 1. The van der Waals surface area contributed by atoms with Crippen molar-refractivity contribution in [2.75, 3.05) is 32.0 Å². The van der Waals surface area contributed by atoms with Crippen LogP contribution in [-0.4, -0.2) is 67.4 Å². The third-order valence-electron chi connectivity index (χ3n) is 5.26. The van der Waals surface area contributed by atoms with Crippen LogP contribution in [0.2, 0.25) is 0 Å². The lowest BCUT2D eigenvalue weighted by Gasteiger charge is -2.34. The number of nitrogens with zero attached hydrogens (tertiary/aromatic N) is 3. The van der Waals surface area contributed by atoms with E-state index in [0.717, 1.165) is 30.1 Å². The molecule has 2 aromatic rings. The summed E-state index contributed by atoms with van der Waals surface area (Å²) in [6, 6.07) is 6.16. The molecule has 1 aromatic carbocycles. The molecule has 1 N–H and O–H groups in total. The number of hydrogen-bond acceptors (Lipinski definition) is 7. The van der Waals surface area contributed by atoms with Gasteiger partial charge in [0, 0.05) is 43.0 Å². The fraction of sp³-hybridized carbons (Fsp3) is 0.500. The molecule has 2 unspecified atom stereocenters. The smallest absolute Gasteiger partial charge is 0.257 e. The summed E-state index contributed by atoms with van der Waals surface area (Å²) in [6.07, 6.45) is 0.512. The van der Waals surface area contributed by atoms with Crippen LogP contribution < -0.4 is 5.32 Å². The van der Waals surface area contributed by atoms with Crippen molar-refractivity contribution in [1.82, 2.24) is 14.2 Å². The van der Waals surface area contributed by atoms with E-state index in [2.05, 4.69) is 22.2 Å². The van der Waals surface area contributed by atoms with Gasteiger partial charge in [-0.1, -0.05) is 6.07 Å². The Balaban J connectivity index is 1.52. The number of fused-ring (bicyclic) bond motifs is 1. The van der Waals surface area contributed by atoms with E-state index in [9.17, 15) is 13.2 Å². The first kappa shape index (κ1) is 21.4. The number of morpholine rings is 1. The largest absolute Gasteiger partial charge is 0.373 e. The second-order valence-corrected chi connectivity index (χ2v) is 11.0. The van der Waals surface area contributed by atoms with Gasteiger partial charge in [-0.25, -0.2) is 13.4 Å². The first-order chi connectivity index (χ1) is 14.2. The SMILES string of the molecule is CC1CN(S(=O)(=O)c2cccc(C(=O)Nc3nc4c(s3)CN(C)CC4)c2)CC(C)O1. The predicted octanol–water partition coefficient (Wildman–Crippen LogP) is 2.18. The first-order valence-corrected chi connectivity index (χ1v) is 12.2. The van der Waals surface area contributed by atoms with Gasteiger partial charge in [0.2, 0.25) is 10.0 Å². The Bertz CT molecular complexity index is 1040. The van der Waals surface area contributed by atoms with Crippen molar-refractivity contribution >= 4 is 32.4 Å². The summed E-state index contributed by atoms with van der Waals surface area (Å²) in [5.41, 5.74) is 1.32. The maximum absolute atomic E-state index is 13.1. The van der Waals surface area contributed by atoms with Gasteiger partial charge in [-0.2, -0.15) is 4.31 Å². The molecule has 1 amide bonds. The van der Waals surface area contributed by atoms with Crippen LogP contribution in [0.25, 0.3) is 0 Å². The average Bonchev–Trinajstić information content (AvgIpc) is 3.08. The molecule has 10 heteroatoms. The van der Waals surface area contributed by atoms with Crippen LogP contribution in [-0.2, 0) is 27.7 Å². The van der Waals surface area contributed by atoms with Crippen LogP contribution in [0.3, 0.4) is 0 Å². The number of amides is 1. The van der Waals surface area contributed by atoms with Gasteiger partial charge in [-0.05, 0) is 39.1 Å². The Labute approximate surface area is 180 Å². The maximum atomic E-state index is 13.1. The summed E-state index contributed by atoms with van der Waals surface area (Å²) >= 11 is 1.47. The van der Waals surface area contributed by atoms with Crippen molar-refractivity contribution in [3.05, 3.63) is 40.4 Å². The molecule has 0 aliphatic carbocycles. The van der Waals surface area contributed by atoms with E-state index in [-0.39, 0.29) is 28.6 Å². The number of ether oxygens (including phenoxy) is 1. The summed E-state index contributed by atoms with van der Waals surface area (Å²) in [5.74, 6) is -0.366. The van der Waals surface area contributed by atoms with E-state index >= 15 is 0 Å². The van der Waals surface area contributed by atoms with E-state index < -0.39 is 10.0 Å². The molecule has 0 saturated carbocycles. The number of rotatable bonds is 4. The van der Waals surface area contributed by atoms with Crippen LogP contribution >= 0.6 is 11.3 Å². The van der Waals surface area contributed by atoms with Crippen molar-refractivity contribution in [3.8, 4) is 0 Å². The Morgan fingerprint density at radius 2 is 2.00 bits per heavy atom. The monoisotopic (exact) mass is 450 g/mol. The Morgan fingerprint density at radius 1 is 1.27 bits per heavy atom. The molecule has 162 valence electrons. The number of carbonyl (C=O) groups excluding carboxylic acids is 1. The van der Waals surface area contributed by atoms with Crippen LogP contribution in [0.5, 0.6) is 0 Å². The number of anilines is 1. The number of hydrogen-bond donors (Lipinski definition) is 1. The second-order valence-electron chi connectivity index (χ2n) is 7.94. The van der Waals surface area contributed by atoms with Crippen molar-refractivity contribution in [2.24, 2.45) is 0 Å². The summed E-state index contributed by atoms with van der Waals surface area (Å²) in [6.45, 7) is 6.07. The molecule has 3 heterocycles. The third kappa shape index (κ3) is 4.42. The van der Waals surface area contributed by atoms with Gasteiger partial charge in [0.25, 0.3) is 5.91 Å². The van der Waals surface area contributed by atoms with Gasteiger partial charge >= 0.3 is 0 Å². The van der Waals surface area contributed by atoms with E-state index in [1.165, 1.54) is 27.8 Å². The van der Waals surface area contributed by atoms with Crippen molar-refractivity contribution in [2.45, 2.75) is 43.9 Å². The summed E-state index contributed by atoms with van der Waals surface area (Å²) < 4.78 is 33.3. The normalized spacial score (nSPS) is 23.2. The highest BCUT2D eigenvalue weighted by atomic mass is 32.2. The molecular formula is C20H26N4O4S2. The molecule has 2 aliphatic heterocycles. The molecule has 1 saturated heterocycles. The van der Waals surface area contributed by atoms with E-state index in [4.69, 9.17) is 4.74 Å². The highest BCUT2D eigenvalue weighted by molar-refractivity contribution is 7.89. The number of likely N-dealkylation sites (N-methyl/N-ethyl adjacent to an activating group) is 1. The lowest BCUT2D eigenvalue weighted by Crippen LogP contribution is -2.48. The molecular weight excluding hydrogens is 424 g/mol. The van der Waals surface area contributed by atoms with Gasteiger partial charge in [0.05, 0.1) is 22.8 Å². The lowest BCUT2D eigenvalue weighted by molar-refractivity contribution is -0.0440. The minimum Gasteiger partial charge on any atom is -0.373 e. The van der Waals surface area contributed by atoms with Gasteiger partial charge in [0.15, 0.2) is 5.13 Å². The van der Waals surface area contributed by atoms with Crippen LogP contribution in [0.15, 0.2) is 29.2 Å². The number of thiazole rings is 1. The van der Waals surface area contributed by atoms with Gasteiger partial charge in [0.1, 0.15) is 0 Å². The van der Waals surface area contributed by atoms with E-state index in [1.807, 2.05) is 13.8 Å². The number of benzene rings is 1. The Hall–Kier alpha value is -1.85. The maximum Gasteiger partial charge on any atom is 0.257 e. The highest BCUT2D eigenvalue weighted by Gasteiger charge is 2.32. The van der Waals surface area contributed by atoms with Gasteiger partial charge in [-0.15, -0.1) is 11.3 Å². The molecule has 0 spiro atoms. The van der Waals surface area contributed by atoms with Gasteiger partial charge < -0.3 is 9.64 Å². The Morgan fingerprint density at radius 3 is 2.73 bits per heavy atom. The molecule has 1 aromatic heterocycles. The minimum absolute atomic E-state index is 0.108. The quantitative estimate of drug-likeness (QED) is 0.768. The first-order valence-electron chi connectivity index (χ1n) is 9.96. The van der Waals surface area contributed by atoms with E-state index in [1.54, 1.807) is 12.1 Å². The van der Waals surface area contributed by atoms with Gasteiger partial charge in [-0.3, -0.25) is 10.1 Å². The van der Waals surface area contributed by atoms with Crippen LogP contribution in [0.4, 0.5) is 5.13 Å². The summed E-state index contributed by atoms with van der Waals surface area (Å²) in [5, 5.41) is 3.37. The molecule has 0 radical (unpaired) electrons. The van der Waals surface area contributed by atoms with Crippen LogP contribution in [0, 0.1) is 0 Å². The minimum atomic E-state index is -3.71. The fourth-order valence-corrected chi connectivity index (χ4v) is 6.54. The average molecular weight is 451 g/mol. The highest BCUT2D eigenvalue weighted by Crippen LogP contribution is 2.28. The third-order valence-corrected chi connectivity index (χ3v) is 8.09. The molecule has 1 fully saturated rings. The molecule has 30 heavy (non-hydrogen) atoms. The number of aromatic nitrogens is 1. The summed E-state index contributed by atoms with van der Waals surface area (Å²) in [7, 11) is -1.65. The topological polar surface area (TPSA) is 91.8 Å². The zero-order valence-electron chi connectivity index (χ0n) is 17.3. The molecule has 4 rings (SSSR count). The zero-order valence-corrected chi connectivity index (χ0v) is 18.9. The molecule has 2 atom stereocenters. The summed E-state index contributed by atoms with van der Waals surface area (Å²) in [4.78, 5) is 20.8. The number of sulfonamides is 1. The predicted molar refractivity (Wildman–Crippen MR) is 115 cm³/mol. The second kappa shape index (κ2) is 8.35. The van der Waals surface area contributed by atoms with Crippen molar-refractivity contribution in [1.29, 1.82) is 0 Å². The van der Waals surface area contributed by atoms with Crippen molar-refractivity contribution in [3.63, 3.8) is 0 Å². The fourth-order valence-electron chi connectivity index (χ4n) is 3.82.